The second-order valence-electron chi connectivity index (χ2n) is 2.85. The summed E-state index contributed by atoms with van der Waals surface area (Å²) in [7, 11) is 5.54. The zero-order chi connectivity index (χ0) is 23.6. The largest absolute Gasteiger partial charge is 0.689 e. The molecule has 2 N–H and O–H groups in total. The fraction of sp³-hybridized carbons (Fsp3) is 0.429. The molecule has 12 nitrogen and oxygen atoms in total. The molecule has 0 spiro atoms. The van der Waals surface area contributed by atoms with E-state index in [4.69, 9.17) is 19.2 Å². The molecule has 0 aliphatic heterocycles. The molecule has 0 atom stereocenters. The normalized spacial score (nSPS) is 5.53. The van der Waals surface area contributed by atoms with E-state index in [1.807, 2.05) is 0 Å². The molecule has 0 aromatic heterocycles. The van der Waals surface area contributed by atoms with Crippen LogP contribution in [0, 0.1) is 0 Å². The summed E-state index contributed by atoms with van der Waals surface area (Å²) >= 11 is 0. The smallest absolute Gasteiger partial charge is 0.206 e. The second-order valence-corrected chi connectivity index (χ2v) is 2.85. The first kappa shape index (κ1) is 51.5. The topological polar surface area (TPSA) is 167 Å². The molecule has 0 aromatic carbocycles. The second kappa shape index (κ2) is 70.7. The van der Waals surface area contributed by atoms with Gasteiger partial charge in [0.15, 0.2) is 7.41 Å². The van der Waals surface area contributed by atoms with Gasteiger partial charge in [-0.1, -0.05) is 13.6 Å². The zero-order valence-corrected chi connectivity index (χ0v) is 23.1. The average Bonchev–Trinajstić information content (AvgIpc) is 2.71. The molecule has 4 radical (unpaired) electrons. The number of nitrogens with one attached hydrogen (secondary N) is 2. The van der Waals surface area contributed by atoms with Gasteiger partial charge in [-0.25, -0.2) is 12.8 Å². The quantitative estimate of drug-likeness (QED) is 0.176. The maximum absolute atomic E-state index is 9.47. The molecule has 30 heavy (non-hydrogen) atoms. The Morgan fingerprint density at radius 1 is 0.700 bits per heavy atom. The summed E-state index contributed by atoms with van der Waals surface area (Å²) in [5.41, 5.74) is 0. The van der Waals surface area contributed by atoms with Gasteiger partial charge in [0, 0.05) is 65.4 Å². The third kappa shape index (κ3) is 127. The van der Waals surface area contributed by atoms with Gasteiger partial charge in [-0.3, -0.25) is 12.6 Å². The molecule has 0 aliphatic carbocycles. The van der Waals surface area contributed by atoms with Crippen LogP contribution in [0.2, 0.25) is 13.6 Å². The van der Waals surface area contributed by atoms with E-state index >= 15 is 0 Å². The fourth-order valence-corrected chi connectivity index (χ4v) is 0.202. The number of nitrogens with zero attached hydrogens (tertiary/aromatic N) is 2. The molecular formula is C14H20B2N4O8Y2-8. The van der Waals surface area contributed by atoms with Crippen LogP contribution in [-0.4, -0.2) is 89.7 Å². The minimum absolute atomic E-state index is 0. The summed E-state index contributed by atoms with van der Waals surface area (Å²) < 4.78 is 0. The molecular weight excluding hydrogens is 552 g/mol. The van der Waals surface area contributed by atoms with E-state index in [0.29, 0.717) is 9.71 Å². The number of amides is 6. The van der Waals surface area contributed by atoms with E-state index in [2.05, 4.69) is 10.5 Å². The molecule has 0 heterocycles. The molecule has 0 fully saturated rings. The molecule has 0 bridgehead atoms. The van der Waals surface area contributed by atoms with E-state index in [9.17, 15) is 19.2 Å². The minimum atomic E-state index is 0. The first-order valence-corrected chi connectivity index (χ1v) is 6.68. The van der Waals surface area contributed by atoms with Crippen molar-refractivity contribution in [3.05, 3.63) is 0 Å². The Morgan fingerprint density at radius 2 is 1.00 bits per heavy atom. The van der Waals surface area contributed by atoms with Crippen LogP contribution in [0.5, 0.6) is 0 Å². The fourth-order valence-electron chi connectivity index (χ4n) is 0.202. The Balaban J connectivity index is -0.0000000327. The number of rotatable bonds is 8. The van der Waals surface area contributed by atoms with Crippen molar-refractivity contribution >= 4 is 65.9 Å². The summed E-state index contributed by atoms with van der Waals surface area (Å²) in [4.78, 5) is 74.2. The summed E-state index contributed by atoms with van der Waals surface area (Å²) in [6.45, 7) is 5.89. The monoisotopic (exact) mass is 572 g/mol. The Morgan fingerprint density at radius 3 is 1.00 bits per heavy atom. The van der Waals surface area contributed by atoms with Gasteiger partial charge >= 0.3 is 0 Å². The molecule has 0 saturated heterocycles. The van der Waals surface area contributed by atoms with Crippen molar-refractivity contribution in [3.8, 4) is 0 Å². The van der Waals surface area contributed by atoms with Crippen LogP contribution >= 0.6 is 0 Å². The Hall–Kier alpha value is -1.10. The van der Waals surface area contributed by atoms with Crippen molar-refractivity contribution < 1.29 is 104 Å². The van der Waals surface area contributed by atoms with Crippen molar-refractivity contribution in [2.24, 2.45) is 0 Å². The average molecular weight is 572 g/mol. The van der Waals surface area contributed by atoms with Crippen LogP contribution in [0.15, 0.2) is 0 Å². The molecule has 0 rings (SSSR count). The van der Waals surface area contributed by atoms with Crippen molar-refractivity contribution in [1.29, 1.82) is 0 Å². The minimum Gasteiger partial charge on any atom is -0.689 e. The van der Waals surface area contributed by atoms with E-state index in [1.165, 1.54) is 101 Å². The van der Waals surface area contributed by atoms with Gasteiger partial charge in [-0.2, -0.15) is 39.5 Å². The maximum Gasteiger partial charge on any atom is 0.206 e. The number of hydrogen-bond acceptors (Lipinski definition) is 8. The van der Waals surface area contributed by atoms with Crippen LogP contribution in [0.25, 0.3) is 0 Å². The Bertz CT molecular complexity index is 366. The van der Waals surface area contributed by atoms with Crippen LogP contribution in [0.3, 0.4) is 0 Å². The van der Waals surface area contributed by atoms with E-state index in [-0.39, 0.29) is 65.4 Å². The first-order valence-electron chi connectivity index (χ1n) is 6.68. The van der Waals surface area contributed by atoms with Crippen LogP contribution in [-0.2, 0) is 104 Å². The van der Waals surface area contributed by atoms with Gasteiger partial charge in [0.25, 0.3) is 0 Å². The molecule has 0 aliphatic rings. The summed E-state index contributed by atoms with van der Waals surface area (Å²) in [5.74, 6) is 0. The van der Waals surface area contributed by atoms with Crippen LogP contribution < -0.4 is 10.5 Å². The molecule has 0 saturated carbocycles. The van der Waals surface area contributed by atoms with E-state index in [1.54, 1.807) is 6.82 Å². The van der Waals surface area contributed by atoms with Gasteiger partial charge in [0.05, 0.1) is 0 Å². The molecule has 6 amide bonds. The summed E-state index contributed by atoms with van der Waals surface area (Å²) in [5, 5.41) is 4.31. The molecule has 0 aromatic rings. The zero-order valence-electron chi connectivity index (χ0n) is 17.5. The predicted molar refractivity (Wildman–Crippen MR) is 102 cm³/mol. The number of imide groups is 2. The van der Waals surface area contributed by atoms with E-state index in [0.717, 1.165) is 0 Å². The van der Waals surface area contributed by atoms with Gasteiger partial charge in [0.1, 0.15) is 0 Å². The summed E-state index contributed by atoms with van der Waals surface area (Å²) in [6, 6.07) is 0. The van der Waals surface area contributed by atoms with Crippen molar-refractivity contribution in [1.82, 2.24) is 20.3 Å². The number of carbonyl (C=O) groups excluding carboxylic acids is 8. The van der Waals surface area contributed by atoms with Gasteiger partial charge in [0.2, 0.25) is 7.41 Å². The third-order valence-electron chi connectivity index (χ3n) is 1.03. The van der Waals surface area contributed by atoms with Crippen molar-refractivity contribution in [2.45, 2.75) is 27.5 Å². The Kier molecular flexibility index (Phi) is 121. The van der Waals surface area contributed by atoms with Gasteiger partial charge in [-0.05, 0) is 14.1 Å². The molecule has 164 valence electrons. The molecule has 0 unspecified atom stereocenters. The standard InChI is InChI=1S/C3H3BNO2.C3H3NO2.C2H4BNO.C2H4NO.2C2H3O.2Y/c1-4-5(2-6)3-7;1-4(2-5)3-6;1-3-4-2-5;1-3-2-4;2*1-2-3;;/h1H3;1H3;1H3,(H,4,5);1H3,(H,3,4);2*1H3;;/q2*-2;4*-1;;. The summed E-state index contributed by atoms with van der Waals surface area (Å²) in [6.07, 6.45) is 11.1. The van der Waals surface area contributed by atoms with Gasteiger partial charge < -0.3 is 58.6 Å². The van der Waals surface area contributed by atoms with Crippen molar-refractivity contribution in [3.63, 3.8) is 0 Å². The van der Waals surface area contributed by atoms with Crippen molar-refractivity contribution in [2.75, 3.05) is 14.1 Å². The number of hydrogen-bond donors (Lipinski definition) is 2. The third-order valence-corrected chi connectivity index (χ3v) is 1.03. The van der Waals surface area contributed by atoms with E-state index < -0.39 is 0 Å². The van der Waals surface area contributed by atoms with Crippen LogP contribution in [0.4, 0.5) is 0 Å². The SMILES string of the molecule is CN([C-]=O)[C-]=O.CN[C-]=O.C[B]N([C-]=O)[C-]=O.C[B]N[C-]=O.C[C-]=O.C[C-]=O.[Y].[Y]. The Labute approximate surface area is 229 Å². The maximum atomic E-state index is 9.47. The molecule has 16 heteroatoms. The predicted octanol–water partition coefficient (Wildman–Crippen LogP) is -3.05. The first-order chi connectivity index (χ1) is 13.3. The van der Waals surface area contributed by atoms with Gasteiger partial charge in [-0.15, -0.1) is 0 Å². The van der Waals surface area contributed by atoms with Crippen LogP contribution in [0.1, 0.15) is 13.8 Å².